The van der Waals surface area contributed by atoms with E-state index in [-0.39, 0.29) is 24.7 Å². The van der Waals surface area contributed by atoms with Gasteiger partial charge in [0, 0.05) is 12.1 Å². The average Bonchev–Trinajstić information content (AvgIpc) is 3.18. The van der Waals surface area contributed by atoms with E-state index in [0.29, 0.717) is 12.0 Å². The van der Waals surface area contributed by atoms with E-state index in [1.807, 2.05) is 30.3 Å². The van der Waals surface area contributed by atoms with E-state index in [1.54, 1.807) is 18.2 Å². The molecule has 1 saturated heterocycles. The number of phenols is 1. The van der Waals surface area contributed by atoms with Crippen molar-refractivity contribution >= 4 is 42.2 Å². The first-order valence-electron chi connectivity index (χ1n) is 9.32. The van der Waals surface area contributed by atoms with Crippen molar-refractivity contribution < 1.29 is 24.6 Å². The maximum Gasteiger partial charge on any atom is 0.318 e. The number of carbonyl (C=O) groups is 3. The van der Waals surface area contributed by atoms with Crippen LogP contribution in [0, 0.1) is 0 Å². The van der Waals surface area contributed by atoms with Crippen LogP contribution in [0.3, 0.4) is 0 Å². The summed E-state index contributed by atoms with van der Waals surface area (Å²) in [6.45, 7) is -0.288. The monoisotopic (exact) mass is 446 g/mol. The van der Waals surface area contributed by atoms with E-state index in [4.69, 9.17) is 0 Å². The third kappa shape index (κ3) is 5.28. The van der Waals surface area contributed by atoms with Gasteiger partial charge in [-0.2, -0.15) is 12.6 Å². The molecule has 1 heterocycles. The summed E-state index contributed by atoms with van der Waals surface area (Å²) in [6, 6.07) is 15.9. The number of para-hydroxylation sites is 1. The number of rotatable bonds is 7. The van der Waals surface area contributed by atoms with Crippen LogP contribution in [0.2, 0.25) is 0 Å². The summed E-state index contributed by atoms with van der Waals surface area (Å²) < 4.78 is 0. The highest BCUT2D eigenvalue weighted by Crippen LogP contribution is 2.45. The molecule has 0 aromatic heterocycles. The van der Waals surface area contributed by atoms with Crippen LogP contribution < -0.4 is 5.32 Å². The zero-order valence-corrected chi connectivity index (χ0v) is 17.7. The number of hydrogen-bond acceptors (Lipinski definition) is 6. The molecule has 1 fully saturated rings. The van der Waals surface area contributed by atoms with Crippen LogP contribution >= 0.6 is 24.4 Å². The summed E-state index contributed by atoms with van der Waals surface area (Å²) in [4.78, 5) is 38.0. The van der Waals surface area contributed by atoms with Gasteiger partial charge in [-0.05, 0) is 18.1 Å². The predicted octanol–water partition coefficient (Wildman–Crippen LogP) is 2.08. The molecule has 3 N–H and O–H groups in total. The molecular weight excluding hydrogens is 424 g/mol. The predicted molar refractivity (Wildman–Crippen MR) is 118 cm³/mol. The fraction of sp³-hybridized carbons (Fsp3) is 0.286. The molecule has 7 nitrogen and oxygen atoms in total. The summed E-state index contributed by atoms with van der Waals surface area (Å²) in [7, 11) is 0. The molecule has 1 aliphatic rings. The van der Waals surface area contributed by atoms with Gasteiger partial charge in [0.2, 0.25) is 11.8 Å². The molecule has 2 amide bonds. The van der Waals surface area contributed by atoms with Crippen LogP contribution in [-0.2, 0) is 20.8 Å². The summed E-state index contributed by atoms with van der Waals surface area (Å²) in [5.41, 5.74) is 1.42. The number of hydrogen-bond donors (Lipinski definition) is 4. The minimum Gasteiger partial charge on any atom is -0.508 e. The number of aromatic hydroxyl groups is 1. The molecule has 158 valence electrons. The first-order chi connectivity index (χ1) is 14.4. The quantitative estimate of drug-likeness (QED) is 0.485. The second kappa shape index (κ2) is 9.90. The number of nitrogens with one attached hydrogen (secondary N) is 1. The first kappa shape index (κ1) is 22.0. The van der Waals surface area contributed by atoms with Gasteiger partial charge in [-0.3, -0.25) is 14.4 Å². The topological polar surface area (TPSA) is 107 Å². The van der Waals surface area contributed by atoms with E-state index in [9.17, 15) is 24.6 Å². The number of carboxylic acid groups (broad SMARTS) is 1. The molecule has 3 rings (SSSR count). The minimum absolute atomic E-state index is 0.0119. The SMILES string of the molecule is O=C(NCC(=O)N1CC(C(=O)O)SC1c1ccccc1O)C(S)Cc1ccccc1. The molecular formula is C21H22N2O5S2. The lowest BCUT2D eigenvalue weighted by Gasteiger charge is -2.25. The molecule has 3 atom stereocenters. The molecule has 2 aromatic carbocycles. The number of thiol groups is 1. The van der Waals surface area contributed by atoms with E-state index < -0.39 is 27.8 Å². The van der Waals surface area contributed by atoms with Crippen molar-refractivity contribution in [1.82, 2.24) is 10.2 Å². The highest BCUT2D eigenvalue weighted by Gasteiger charge is 2.41. The highest BCUT2D eigenvalue weighted by molar-refractivity contribution is 8.01. The zero-order valence-electron chi connectivity index (χ0n) is 16.0. The minimum atomic E-state index is -1.03. The Morgan fingerprint density at radius 3 is 2.47 bits per heavy atom. The van der Waals surface area contributed by atoms with Gasteiger partial charge in [-0.15, -0.1) is 11.8 Å². The van der Waals surface area contributed by atoms with Gasteiger partial charge < -0.3 is 20.4 Å². The zero-order chi connectivity index (χ0) is 21.7. The lowest BCUT2D eigenvalue weighted by atomic mass is 10.1. The van der Waals surface area contributed by atoms with Gasteiger partial charge >= 0.3 is 5.97 Å². The average molecular weight is 447 g/mol. The molecule has 0 spiro atoms. The third-order valence-electron chi connectivity index (χ3n) is 4.73. The van der Waals surface area contributed by atoms with Crippen LogP contribution in [0.4, 0.5) is 0 Å². The van der Waals surface area contributed by atoms with E-state index >= 15 is 0 Å². The van der Waals surface area contributed by atoms with Crippen LogP contribution in [0.5, 0.6) is 5.75 Å². The Kier molecular flexibility index (Phi) is 7.28. The van der Waals surface area contributed by atoms with Crippen molar-refractivity contribution in [3.63, 3.8) is 0 Å². The standard InChI is InChI=1S/C21H22N2O5S2/c24-15-9-5-4-8-14(15)20-23(12-17(30-20)21(27)28)18(25)11-22-19(26)16(29)10-13-6-2-1-3-7-13/h1-9,16-17,20,24,29H,10-12H2,(H,22,26)(H,27,28). The van der Waals surface area contributed by atoms with Gasteiger partial charge in [-0.25, -0.2) is 0 Å². The van der Waals surface area contributed by atoms with Gasteiger partial charge in [0.05, 0.1) is 11.8 Å². The summed E-state index contributed by atoms with van der Waals surface area (Å²) in [6.07, 6.45) is 0.422. The fourth-order valence-electron chi connectivity index (χ4n) is 3.17. The molecule has 30 heavy (non-hydrogen) atoms. The smallest absolute Gasteiger partial charge is 0.318 e. The number of amides is 2. The normalized spacial score (nSPS) is 19.3. The lowest BCUT2D eigenvalue weighted by Crippen LogP contribution is -2.43. The molecule has 9 heteroatoms. The molecule has 3 unspecified atom stereocenters. The van der Waals surface area contributed by atoms with Gasteiger partial charge in [0.15, 0.2) is 0 Å². The number of carboxylic acids is 1. The molecule has 1 aliphatic heterocycles. The Morgan fingerprint density at radius 2 is 1.80 bits per heavy atom. The molecule has 0 saturated carbocycles. The van der Waals surface area contributed by atoms with Crippen molar-refractivity contribution in [2.75, 3.05) is 13.1 Å². The van der Waals surface area contributed by atoms with Gasteiger partial charge in [-0.1, -0.05) is 48.5 Å². The Morgan fingerprint density at radius 1 is 1.13 bits per heavy atom. The van der Waals surface area contributed by atoms with Crippen molar-refractivity contribution in [3.05, 3.63) is 65.7 Å². The van der Waals surface area contributed by atoms with Crippen LogP contribution in [0.25, 0.3) is 0 Å². The maximum absolute atomic E-state index is 12.8. The van der Waals surface area contributed by atoms with Crippen molar-refractivity contribution in [1.29, 1.82) is 0 Å². The first-order valence-corrected chi connectivity index (χ1v) is 10.8. The fourth-order valence-corrected chi connectivity index (χ4v) is 4.84. The molecule has 0 radical (unpaired) electrons. The Hall–Kier alpha value is -2.65. The van der Waals surface area contributed by atoms with Gasteiger partial charge in [0.1, 0.15) is 16.4 Å². The largest absolute Gasteiger partial charge is 0.508 e. The lowest BCUT2D eigenvalue weighted by molar-refractivity contribution is -0.137. The van der Waals surface area contributed by atoms with Crippen LogP contribution in [0.1, 0.15) is 16.5 Å². The second-order valence-corrected chi connectivity index (χ2v) is 8.75. The Labute approximate surface area is 183 Å². The van der Waals surface area contributed by atoms with Crippen molar-refractivity contribution in [2.45, 2.75) is 22.3 Å². The number of nitrogens with zero attached hydrogens (tertiary/aromatic N) is 1. The summed E-state index contributed by atoms with van der Waals surface area (Å²) >= 11 is 5.41. The summed E-state index contributed by atoms with van der Waals surface area (Å²) in [5.74, 6) is -1.84. The highest BCUT2D eigenvalue weighted by atomic mass is 32.2. The number of aliphatic carboxylic acids is 1. The Balaban J connectivity index is 1.64. The van der Waals surface area contributed by atoms with E-state index in [1.165, 1.54) is 11.0 Å². The number of phenolic OH excluding ortho intramolecular Hbond substituents is 1. The second-order valence-electron chi connectivity index (χ2n) is 6.84. The van der Waals surface area contributed by atoms with Crippen molar-refractivity contribution in [2.24, 2.45) is 0 Å². The Bertz CT molecular complexity index is 925. The number of carbonyl (C=O) groups excluding carboxylic acids is 2. The van der Waals surface area contributed by atoms with E-state index in [2.05, 4.69) is 17.9 Å². The maximum atomic E-state index is 12.8. The van der Waals surface area contributed by atoms with Gasteiger partial charge in [0.25, 0.3) is 0 Å². The van der Waals surface area contributed by atoms with Crippen LogP contribution in [-0.4, -0.2) is 56.5 Å². The van der Waals surface area contributed by atoms with Crippen molar-refractivity contribution in [3.8, 4) is 5.75 Å². The van der Waals surface area contributed by atoms with Crippen LogP contribution in [0.15, 0.2) is 54.6 Å². The third-order valence-corrected chi connectivity index (χ3v) is 6.59. The summed E-state index contributed by atoms with van der Waals surface area (Å²) in [5, 5.41) is 20.0. The number of thioether (sulfide) groups is 1. The van der Waals surface area contributed by atoms with E-state index in [0.717, 1.165) is 17.3 Å². The molecule has 2 aromatic rings. The molecule has 0 bridgehead atoms. The number of benzene rings is 2. The molecule has 0 aliphatic carbocycles.